The minimum atomic E-state index is -0.307. The lowest BCUT2D eigenvalue weighted by Crippen LogP contribution is -2.28. The molecule has 1 saturated carbocycles. The first-order valence-electron chi connectivity index (χ1n) is 9.02. The molecule has 5 nitrogen and oxygen atoms in total. The lowest BCUT2D eigenvalue weighted by atomic mass is 10.1. The molecule has 0 unspecified atom stereocenters. The molecule has 0 saturated heterocycles. The summed E-state index contributed by atoms with van der Waals surface area (Å²) in [5.74, 6) is 0.491. The van der Waals surface area contributed by atoms with Crippen molar-refractivity contribution in [3.05, 3.63) is 77.9 Å². The van der Waals surface area contributed by atoms with Gasteiger partial charge in [0.2, 0.25) is 0 Å². The monoisotopic (exact) mass is 365 g/mol. The van der Waals surface area contributed by atoms with Crippen molar-refractivity contribution < 1.29 is 13.9 Å². The Balaban J connectivity index is 1.40. The Hall–Kier alpha value is -3.15. The summed E-state index contributed by atoms with van der Waals surface area (Å²) in [5.41, 5.74) is 2.54. The van der Waals surface area contributed by atoms with Gasteiger partial charge in [-0.15, -0.1) is 0 Å². The SMILES string of the molecule is O=C(NCCOc1ccc(F)cc1)c1cnn(-c2ccccc2)c1C1CC1. The Morgan fingerprint density at radius 2 is 1.89 bits per heavy atom. The number of amides is 1. The number of aromatic nitrogens is 2. The maximum Gasteiger partial charge on any atom is 0.254 e. The fourth-order valence-electron chi connectivity index (χ4n) is 3.02. The molecule has 1 aromatic heterocycles. The van der Waals surface area contributed by atoms with Gasteiger partial charge in [0.15, 0.2) is 0 Å². The van der Waals surface area contributed by atoms with Crippen LogP contribution >= 0.6 is 0 Å². The van der Waals surface area contributed by atoms with Gasteiger partial charge in [-0.3, -0.25) is 4.79 Å². The normalized spacial score (nSPS) is 13.4. The summed E-state index contributed by atoms with van der Waals surface area (Å²) < 4.78 is 20.3. The molecule has 1 N–H and O–H groups in total. The number of carbonyl (C=O) groups excluding carboxylic acids is 1. The zero-order chi connectivity index (χ0) is 18.6. The molecule has 1 fully saturated rings. The zero-order valence-corrected chi connectivity index (χ0v) is 14.8. The van der Waals surface area contributed by atoms with Crippen molar-refractivity contribution >= 4 is 5.91 Å². The van der Waals surface area contributed by atoms with Gasteiger partial charge in [-0.25, -0.2) is 9.07 Å². The van der Waals surface area contributed by atoms with E-state index in [1.165, 1.54) is 12.1 Å². The van der Waals surface area contributed by atoms with Crippen LogP contribution in [0.2, 0.25) is 0 Å². The lowest BCUT2D eigenvalue weighted by Gasteiger charge is -2.10. The lowest BCUT2D eigenvalue weighted by molar-refractivity contribution is 0.0946. The maximum atomic E-state index is 12.9. The van der Waals surface area contributed by atoms with Crippen LogP contribution in [-0.2, 0) is 0 Å². The molecule has 3 aromatic rings. The van der Waals surface area contributed by atoms with Crippen molar-refractivity contribution in [3.8, 4) is 11.4 Å². The molecule has 0 spiro atoms. The average Bonchev–Trinajstić information content (AvgIpc) is 3.45. The fraction of sp³-hybridized carbons (Fsp3) is 0.238. The Labute approximate surface area is 156 Å². The number of halogens is 1. The van der Waals surface area contributed by atoms with Crippen molar-refractivity contribution in [1.82, 2.24) is 15.1 Å². The van der Waals surface area contributed by atoms with E-state index in [4.69, 9.17) is 4.74 Å². The molecule has 1 aliphatic rings. The molecular weight excluding hydrogens is 345 g/mol. The molecule has 1 aliphatic carbocycles. The quantitative estimate of drug-likeness (QED) is 0.650. The summed E-state index contributed by atoms with van der Waals surface area (Å²) in [5, 5.41) is 7.32. The van der Waals surface area contributed by atoms with Crippen LogP contribution in [0.1, 0.15) is 34.8 Å². The number of benzene rings is 2. The standard InChI is InChI=1S/C21H20FN3O2/c22-16-8-10-18(11-9-16)27-13-12-23-21(26)19-14-24-25(20(19)15-6-7-15)17-4-2-1-3-5-17/h1-5,8-11,14-15H,6-7,12-13H2,(H,23,26). The van der Waals surface area contributed by atoms with E-state index in [9.17, 15) is 9.18 Å². The van der Waals surface area contributed by atoms with Crippen LogP contribution < -0.4 is 10.1 Å². The molecule has 0 aliphatic heterocycles. The number of ether oxygens (including phenoxy) is 1. The van der Waals surface area contributed by atoms with E-state index in [2.05, 4.69) is 10.4 Å². The van der Waals surface area contributed by atoms with Gasteiger partial charge in [0.1, 0.15) is 18.2 Å². The molecule has 138 valence electrons. The van der Waals surface area contributed by atoms with Crippen LogP contribution in [0.25, 0.3) is 5.69 Å². The van der Waals surface area contributed by atoms with E-state index >= 15 is 0 Å². The van der Waals surface area contributed by atoms with Gasteiger partial charge in [0.05, 0.1) is 29.7 Å². The predicted molar refractivity (Wildman–Crippen MR) is 99.8 cm³/mol. The van der Waals surface area contributed by atoms with E-state index in [1.807, 2.05) is 35.0 Å². The van der Waals surface area contributed by atoms with E-state index < -0.39 is 0 Å². The summed E-state index contributed by atoms with van der Waals surface area (Å²) in [4.78, 5) is 12.6. The molecule has 4 rings (SSSR count). The van der Waals surface area contributed by atoms with Gasteiger partial charge in [-0.1, -0.05) is 18.2 Å². The summed E-state index contributed by atoms with van der Waals surface area (Å²) in [6, 6.07) is 15.6. The average molecular weight is 365 g/mol. The van der Waals surface area contributed by atoms with Crippen molar-refractivity contribution in [2.75, 3.05) is 13.2 Å². The van der Waals surface area contributed by atoms with Crippen LogP contribution in [0.15, 0.2) is 60.8 Å². The summed E-state index contributed by atoms with van der Waals surface area (Å²) in [7, 11) is 0. The minimum absolute atomic E-state index is 0.151. The smallest absolute Gasteiger partial charge is 0.254 e. The van der Waals surface area contributed by atoms with Crippen LogP contribution in [0.5, 0.6) is 5.75 Å². The molecule has 0 atom stereocenters. The molecule has 6 heteroatoms. The van der Waals surface area contributed by atoms with E-state index in [1.54, 1.807) is 18.3 Å². The van der Waals surface area contributed by atoms with Gasteiger partial charge in [0.25, 0.3) is 5.91 Å². The highest BCUT2D eigenvalue weighted by Gasteiger charge is 2.32. The van der Waals surface area contributed by atoms with Crippen LogP contribution in [0.3, 0.4) is 0 Å². The topological polar surface area (TPSA) is 56.1 Å². The molecule has 27 heavy (non-hydrogen) atoms. The second-order valence-corrected chi connectivity index (χ2v) is 6.52. The second-order valence-electron chi connectivity index (χ2n) is 6.52. The second kappa shape index (κ2) is 7.61. The minimum Gasteiger partial charge on any atom is -0.492 e. The Morgan fingerprint density at radius 3 is 2.59 bits per heavy atom. The molecule has 2 aromatic carbocycles. The molecule has 1 heterocycles. The molecular formula is C21H20FN3O2. The number of carbonyl (C=O) groups is 1. The largest absolute Gasteiger partial charge is 0.492 e. The number of rotatable bonds is 7. The first kappa shape index (κ1) is 17.3. The van der Waals surface area contributed by atoms with Crippen molar-refractivity contribution in [3.63, 3.8) is 0 Å². The van der Waals surface area contributed by atoms with Crippen LogP contribution in [0, 0.1) is 5.82 Å². The van der Waals surface area contributed by atoms with E-state index in [0.717, 1.165) is 24.2 Å². The first-order valence-corrected chi connectivity index (χ1v) is 9.02. The maximum absolute atomic E-state index is 12.9. The van der Waals surface area contributed by atoms with Gasteiger partial charge in [0, 0.05) is 5.92 Å². The number of nitrogens with zero attached hydrogens (tertiary/aromatic N) is 2. The van der Waals surface area contributed by atoms with Crippen LogP contribution in [-0.4, -0.2) is 28.8 Å². The molecule has 0 bridgehead atoms. The Morgan fingerprint density at radius 1 is 1.15 bits per heavy atom. The number of hydrogen-bond acceptors (Lipinski definition) is 3. The predicted octanol–water partition coefficient (Wildman–Crippen LogP) is 3.70. The third-order valence-corrected chi connectivity index (χ3v) is 4.49. The van der Waals surface area contributed by atoms with Crippen LogP contribution in [0.4, 0.5) is 4.39 Å². The summed E-state index contributed by atoms with van der Waals surface area (Å²) in [6.45, 7) is 0.666. The first-order chi connectivity index (χ1) is 13.2. The highest BCUT2D eigenvalue weighted by atomic mass is 19.1. The van der Waals surface area contributed by atoms with E-state index in [0.29, 0.717) is 30.4 Å². The fourth-order valence-corrected chi connectivity index (χ4v) is 3.02. The van der Waals surface area contributed by atoms with Crippen molar-refractivity contribution in [2.24, 2.45) is 0 Å². The third-order valence-electron chi connectivity index (χ3n) is 4.49. The van der Waals surface area contributed by atoms with E-state index in [-0.39, 0.29) is 11.7 Å². The van der Waals surface area contributed by atoms with Gasteiger partial charge < -0.3 is 10.1 Å². The third kappa shape index (κ3) is 4.00. The van der Waals surface area contributed by atoms with Gasteiger partial charge in [-0.05, 0) is 49.2 Å². The highest BCUT2D eigenvalue weighted by molar-refractivity contribution is 5.95. The molecule has 0 radical (unpaired) electrons. The number of hydrogen-bond donors (Lipinski definition) is 1. The summed E-state index contributed by atoms with van der Waals surface area (Å²) in [6.07, 6.45) is 3.79. The van der Waals surface area contributed by atoms with Gasteiger partial charge >= 0.3 is 0 Å². The van der Waals surface area contributed by atoms with Crippen molar-refractivity contribution in [1.29, 1.82) is 0 Å². The number of nitrogens with one attached hydrogen (secondary N) is 1. The summed E-state index contributed by atoms with van der Waals surface area (Å²) >= 11 is 0. The molecule has 1 amide bonds. The zero-order valence-electron chi connectivity index (χ0n) is 14.8. The Bertz CT molecular complexity index is 918. The Kier molecular flexibility index (Phi) is 4.87. The van der Waals surface area contributed by atoms with Gasteiger partial charge in [-0.2, -0.15) is 5.10 Å². The van der Waals surface area contributed by atoms with Crippen molar-refractivity contribution in [2.45, 2.75) is 18.8 Å². The number of para-hydroxylation sites is 1. The highest BCUT2D eigenvalue weighted by Crippen LogP contribution is 2.42.